The fraction of sp³-hybridized carbons (Fsp3) is 0.261. The van der Waals surface area contributed by atoms with Crippen LogP contribution in [0.3, 0.4) is 0 Å². The minimum absolute atomic E-state index is 0.0869. The molecule has 0 unspecified atom stereocenters. The van der Waals surface area contributed by atoms with E-state index in [1.807, 2.05) is 36.6 Å². The number of anilines is 2. The van der Waals surface area contributed by atoms with Crippen molar-refractivity contribution in [2.24, 2.45) is 0 Å². The maximum atomic E-state index is 12.6. The number of ether oxygens (including phenoxy) is 1. The van der Waals surface area contributed by atoms with E-state index in [9.17, 15) is 9.59 Å². The Morgan fingerprint density at radius 3 is 2.77 bits per heavy atom. The largest absolute Gasteiger partial charge is 0.494 e. The molecule has 160 valence electrons. The van der Waals surface area contributed by atoms with Gasteiger partial charge in [-0.05, 0) is 55.8 Å². The molecular formula is C23H22ClN3O3S. The van der Waals surface area contributed by atoms with E-state index < -0.39 is 0 Å². The average Bonchev–Trinajstić information content (AvgIpc) is 3.39. The highest BCUT2D eigenvalue weighted by Crippen LogP contribution is 2.30. The number of amides is 2. The number of nitrogens with zero attached hydrogens (tertiary/aromatic N) is 2. The van der Waals surface area contributed by atoms with Crippen LogP contribution in [0.1, 0.15) is 25.5 Å². The molecule has 0 aliphatic carbocycles. The third kappa shape index (κ3) is 5.06. The number of benzene rings is 2. The molecule has 2 heterocycles. The van der Waals surface area contributed by atoms with E-state index in [2.05, 4.69) is 10.3 Å². The first-order valence-electron chi connectivity index (χ1n) is 10.1. The van der Waals surface area contributed by atoms with Gasteiger partial charge in [0, 0.05) is 29.6 Å². The number of nitrogens with one attached hydrogen (secondary N) is 1. The van der Waals surface area contributed by atoms with Gasteiger partial charge < -0.3 is 15.0 Å². The lowest BCUT2D eigenvalue weighted by Crippen LogP contribution is -2.24. The highest BCUT2D eigenvalue weighted by Gasteiger charge is 2.22. The first kappa shape index (κ1) is 21.3. The quantitative estimate of drug-likeness (QED) is 0.533. The fourth-order valence-electron chi connectivity index (χ4n) is 3.44. The first-order chi connectivity index (χ1) is 15.0. The second-order valence-electron chi connectivity index (χ2n) is 7.14. The van der Waals surface area contributed by atoms with Crippen LogP contribution in [0.15, 0.2) is 47.8 Å². The van der Waals surface area contributed by atoms with Crippen molar-refractivity contribution in [3.05, 3.63) is 58.6 Å². The number of hydrogen-bond acceptors (Lipinski definition) is 5. The molecule has 1 aliphatic heterocycles. The summed E-state index contributed by atoms with van der Waals surface area (Å²) in [5, 5.41) is 6.00. The summed E-state index contributed by atoms with van der Waals surface area (Å²) in [6.45, 7) is 3.25. The topological polar surface area (TPSA) is 71.5 Å². The summed E-state index contributed by atoms with van der Waals surface area (Å²) >= 11 is 7.75. The molecule has 1 aromatic heterocycles. The molecule has 31 heavy (non-hydrogen) atoms. The van der Waals surface area contributed by atoms with E-state index >= 15 is 0 Å². The highest BCUT2D eigenvalue weighted by molar-refractivity contribution is 7.13. The Morgan fingerprint density at radius 1 is 1.26 bits per heavy atom. The Labute approximate surface area is 189 Å². The number of carbonyl (C=O) groups is 2. The minimum Gasteiger partial charge on any atom is -0.494 e. The summed E-state index contributed by atoms with van der Waals surface area (Å²) in [6.07, 6.45) is 1.52. The molecule has 0 atom stereocenters. The van der Waals surface area contributed by atoms with Gasteiger partial charge in [-0.2, -0.15) is 0 Å². The predicted octanol–water partition coefficient (Wildman–Crippen LogP) is 5.17. The van der Waals surface area contributed by atoms with Crippen molar-refractivity contribution >= 4 is 46.1 Å². The molecule has 3 aromatic rings. The zero-order valence-electron chi connectivity index (χ0n) is 17.1. The van der Waals surface area contributed by atoms with Gasteiger partial charge in [0.25, 0.3) is 0 Å². The fourth-order valence-corrected chi connectivity index (χ4v) is 4.43. The molecule has 8 heteroatoms. The van der Waals surface area contributed by atoms with Crippen molar-refractivity contribution in [1.29, 1.82) is 0 Å². The number of thiazole rings is 1. The summed E-state index contributed by atoms with van der Waals surface area (Å²) < 4.78 is 5.47. The van der Waals surface area contributed by atoms with Crippen LogP contribution in [-0.2, 0) is 16.0 Å². The molecule has 0 spiro atoms. The molecule has 1 N–H and O–H groups in total. The lowest BCUT2D eigenvalue weighted by Gasteiger charge is -2.17. The molecule has 2 amide bonds. The smallest absolute Gasteiger partial charge is 0.230 e. The molecular weight excluding hydrogens is 434 g/mol. The van der Waals surface area contributed by atoms with Gasteiger partial charge >= 0.3 is 0 Å². The van der Waals surface area contributed by atoms with Crippen LogP contribution in [0.25, 0.3) is 10.6 Å². The average molecular weight is 456 g/mol. The van der Waals surface area contributed by atoms with Crippen molar-refractivity contribution in [1.82, 2.24) is 4.98 Å². The maximum Gasteiger partial charge on any atom is 0.230 e. The summed E-state index contributed by atoms with van der Waals surface area (Å²) in [4.78, 5) is 30.9. The van der Waals surface area contributed by atoms with Gasteiger partial charge in [0.1, 0.15) is 10.8 Å². The normalized spacial score (nSPS) is 13.5. The highest BCUT2D eigenvalue weighted by atomic mass is 35.5. The number of carbonyl (C=O) groups excluding carboxylic acids is 2. The van der Waals surface area contributed by atoms with Crippen molar-refractivity contribution in [2.75, 3.05) is 23.4 Å². The summed E-state index contributed by atoms with van der Waals surface area (Å²) in [7, 11) is 0. The molecule has 4 rings (SSSR count). The predicted molar refractivity (Wildman–Crippen MR) is 124 cm³/mol. The van der Waals surface area contributed by atoms with Crippen LogP contribution in [0.5, 0.6) is 5.75 Å². The lowest BCUT2D eigenvalue weighted by atomic mass is 10.2. The van der Waals surface area contributed by atoms with Gasteiger partial charge in [-0.15, -0.1) is 11.3 Å². The van der Waals surface area contributed by atoms with Crippen LogP contribution in [0, 0.1) is 0 Å². The molecule has 1 saturated heterocycles. The second-order valence-corrected chi connectivity index (χ2v) is 8.40. The van der Waals surface area contributed by atoms with E-state index in [4.69, 9.17) is 16.3 Å². The minimum atomic E-state index is -0.213. The maximum absolute atomic E-state index is 12.6. The molecule has 0 saturated carbocycles. The van der Waals surface area contributed by atoms with Crippen LogP contribution < -0.4 is 15.0 Å². The molecule has 6 nitrogen and oxygen atoms in total. The molecule has 0 bridgehead atoms. The second kappa shape index (κ2) is 9.49. The van der Waals surface area contributed by atoms with Crippen molar-refractivity contribution in [2.45, 2.75) is 26.2 Å². The number of aromatic nitrogens is 1. The molecule has 0 radical (unpaired) electrons. The SMILES string of the molecule is CCOc1ccc(-c2nc(CC(=O)Nc3cc(N4CCCC4=O)ccc3Cl)cs2)cc1. The summed E-state index contributed by atoms with van der Waals surface area (Å²) in [5.41, 5.74) is 2.90. The Bertz CT molecular complexity index is 1100. The Balaban J connectivity index is 1.42. The van der Waals surface area contributed by atoms with E-state index in [-0.39, 0.29) is 18.2 Å². The monoisotopic (exact) mass is 455 g/mol. The number of halogens is 1. The van der Waals surface area contributed by atoms with E-state index in [1.165, 1.54) is 11.3 Å². The molecule has 1 fully saturated rings. The van der Waals surface area contributed by atoms with E-state index in [0.29, 0.717) is 36.0 Å². The van der Waals surface area contributed by atoms with Gasteiger partial charge in [-0.1, -0.05) is 11.6 Å². The Kier molecular flexibility index (Phi) is 6.53. The van der Waals surface area contributed by atoms with Crippen molar-refractivity contribution in [3.8, 4) is 16.3 Å². The first-order valence-corrected chi connectivity index (χ1v) is 11.4. The lowest BCUT2D eigenvalue weighted by molar-refractivity contribution is -0.117. The third-order valence-corrected chi connectivity index (χ3v) is 6.18. The van der Waals surface area contributed by atoms with E-state index in [1.54, 1.807) is 23.1 Å². The van der Waals surface area contributed by atoms with Crippen molar-refractivity contribution < 1.29 is 14.3 Å². The number of rotatable bonds is 7. The Morgan fingerprint density at radius 2 is 2.06 bits per heavy atom. The van der Waals surface area contributed by atoms with Gasteiger partial charge in [-0.25, -0.2) is 4.98 Å². The summed E-state index contributed by atoms with van der Waals surface area (Å²) in [6, 6.07) is 13.0. The van der Waals surface area contributed by atoms with Gasteiger partial charge in [0.2, 0.25) is 11.8 Å². The van der Waals surface area contributed by atoms with E-state index in [0.717, 1.165) is 28.4 Å². The zero-order chi connectivity index (χ0) is 21.8. The standard InChI is InChI=1S/C23H22ClN3O3S/c1-2-30-18-8-5-15(6-9-18)23-25-16(14-31-23)12-21(28)26-20-13-17(7-10-19(20)24)27-11-3-4-22(27)29/h5-10,13-14H,2-4,11-12H2,1H3,(H,26,28). The van der Waals surface area contributed by atoms with Crippen molar-refractivity contribution in [3.63, 3.8) is 0 Å². The van der Waals surface area contributed by atoms with Gasteiger partial charge in [0.05, 0.1) is 29.4 Å². The third-order valence-electron chi connectivity index (χ3n) is 4.91. The Hall–Kier alpha value is -2.90. The zero-order valence-corrected chi connectivity index (χ0v) is 18.6. The molecule has 1 aliphatic rings. The number of hydrogen-bond donors (Lipinski definition) is 1. The van der Waals surface area contributed by atoms with Gasteiger partial charge in [0.15, 0.2) is 0 Å². The van der Waals surface area contributed by atoms with Crippen LogP contribution in [0.2, 0.25) is 5.02 Å². The van der Waals surface area contributed by atoms with Crippen LogP contribution >= 0.6 is 22.9 Å². The summed E-state index contributed by atoms with van der Waals surface area (Å²) in [5.74, 6) is 0.691. The van der Waals surface area contributed by atoms with Crippen LogP contribution in [-0.4, -0.2) is 29.9 Å². The van der Waals surface area contributed by atoms with Gasteiger partial charge in [-0.3, -0.25) is 9.59 Å². The molecule has 2 aromatic carbocycles. The van der Waals surface area contributed by atoms with Crippen LogP contribution in [0.4, 0.5) is 11.4 Å².